The summed E-state index contributed by atoms with van der Waals surface area (Å²) in [6.45, 7) is 3.11. The molecule has 0 aliphatic carbocycles. The number of anilines is 1. The molecule has 0 saturated carbocycles. The van der Waals surface area contributed by atoms with Crippen molar-refractivity contribution in [3.05, 3.63) is 71.7 Å². The molecule has 6 nitrogen and oxygen atoms in total. The first-order valence-corrected chi connectivity index (χ1v) is 9.63. The molecule has 4 rings (SSSR count). The van der Waals surface area contributed by atoms with Gasteiger partial charge in [-0.3, -0.25) is 14.5 Å². The number of piperazine rings is 1. The molecule has 2 aromatic rings. The van der Waals surface area contributed by atoms with Crippen molar-refractivity contribution in [2.24, 2.45) is 0 Å². The monoisotopic (exact) mass is 395 g/mol. The van der Waals surface area contributed by atoms with Crippen LogP contribution in [-0.4, -0.2) is 66.1 Å². The van der Waals surface area contributed by atoms with Crippen molar-refractivity contribution in [2.45, 2.75) is 0 Å². The van der Waals surface area contributed by atoms with Crippen molar-refractivity contribution in [2.75, 3.05) is 44.2 Å². The summed E-state index contributed by atoms with van der Waals surface area (Å²) >= 11 is 0. The second kappa shape index (κ2) is 8.14. The molecule has 2 aromatic carbocycles. The molecule has 1 saturated heterocycles. The van der Waals surface area contributed by atoms with Gasteiger partial charge in [-0.2, -0.15) is 0 Å². The number of rotatable bonds is 5. The number of hydrogen-bond acceptors (Lipinski definition) is 5. The molecule has 1 N–H and O–H groups in total. The maximum atomic E-state index is 14.4. The van der Waals surface area contributed by atoms with Gasteiger partial charge in [0.15, 0.2) is 0 Å². The maximum Gasteiger partial charge on any atom is 0.282 e. The van der Waals surface area contributed by atoms with Gasteiger partial charge in [-0.25, -0.2) is 9.29 Å². The Morgan fingerprint density at radius 1 is 0.862 bits per heavy atom. The minimum Gasteiger partial charge on any atom is -0.395 e. The number of amides is 2. The van der Waals surface area contributed by atoms with Gasteiger partial charge in [-0.1, -0.05) is 42.5 Å². The summed E-state index contributed by atoms with van der Waals surface area (Å²) in [5, 5.41) is 9.14. The molecule has 7 heteroatoms. The third-order valence-electron chi connectivity index (χ3n) is 5.32. The van der Waals surface area contributed by atoms with Crippen molar-refractivity contribution in [3.63, 3.8) is 0 Å². The van der Waals surface area contributed by atoms with E-state index < -0.39 is 17.6 Å². The number of benzene rings is 2. The lowest BCUT2D eigenvalue weighted by Gasteiger charge is -2.36. The lowest BCUT2D eigenvalue weighted by Crippen LogP contribution is -2.48. The molecule has 2 heterocycles. The fourth-order valence-electron chi connectivity index (χ4n) is 3.86. The van der Waals surface area contributed by atoms with Gasteiger partial charge < -0.3 is 10.0 Å². The summed E-state index contributed by atoms with van der Waals surface area (Å²) in [6.07, 6.45) is 0. The van der Waals surface area contributed by atoms with E-state index in [0.29, 0.717) is 49.6 Å². The third kappa shape index (κ3) is 3.54. The summed E-state index contributed by atoms with van der Waals surface area (Å²) in [5.41, 5.74) is 1.21. The number of aliphatic hydroxyl groups is 1. The fraction of sp³-hybridized carbons (Fsp3) is 0.273. The molecule has 1 fully saturated rings. The van der Waals surface area contributed by atoms with E-state index in [4.69, 9.17) is 5.11 Å². The Hall–Kier alpha value is -3.03. The van der Waals surface area contributed by atoms with Crippen LogP contribution < -0.4 is 4.90 Å². The van der Waals surface area contributed by atoms with Gasteiger partial charge in [0.25, 0.3) is 11.8 Å². The highest BCUT2D eigenvalue weighted by atomic mass is 19.1. The smallest absolute Gasteiger partial charge is 0.282 e. The molecule has 2 amide bonds. The minimum atomic E-state index is -0.615. The normalized spacial score (nSPS) is 18.1. The molecule has 0 radical (unpaired) electrons. The molecular formula is C22H22FN3O3. The van der Waals surface area contributed by atoms with E-state index in [2.05, 4.69) is 4.90 Å². The van der Waals surface area contributed by atoms with Crippen molar-refractivity contribution in [1.82, 2.24) is 9.80 Å². The number of carbonyl (C=O) groups excluding carboxylic acids is 2. The van der Waals surface area contributed by atoms with Crippen molar-refractivity contribution in [1.29, 1.82) is 0 Å². The first-order valence-electron chi connectivity index (χ1n) is 9.63. The van der Waals surface area contributed by atoms with Crippen LogP contribution in [0.5, 0.6) is 0 Å². The molecule has 0 atom stereocenters. The Morgan fingerprint density at radius 2 is 1.52 bits per heavy atom. The van der Waals surface area contributed by atoms with Gasteiger partial charge >= 0.3 is 0 Å². The van der Waals surface area contributed by atoms with Gasteiger partial charge in [0.1, 0.15) is 11.5 Å². The van der Waals surface area contributed by atoms with Gasteiger partial charge in [0.2, 0.25) is 0 Å². The van der Waals surface area contributed by atoms with Crippen molar-refractivity contribution < 1.29 is 19.1 Å². The summed E-state index contributed by atoms with van der Waals surface area (Å²) in [4.78, 5) is 31.6. The molecule has 0 bridgehead atoms. The summed E-state index contributed by atoms with van der Waals surface area (Å²) in [7, 11) is 0. The lowest BCUT2D eigenvalue weighted by molar-refractivity contribution is -0.120. The molecule has 150 valence electrons. The van der Waals surface area contributed by atoms with Crippen LogP contribution in [0.3, 0.4) is 0 Å². The Kier molecular flexibility index (Phi) is 5.42. The van der Waals surface area contributed by atoms with E-state index in [0.717, 1.165) is 4.90 Å². The predicted octanol–water partition coefficient (Wildman–Crippen LogP) is 1.72. The van der Waals surface area contributed by atoms with E-state index in [1.54, 1.807) is 18.2 Å². The molecule has 2 aliphatic heterocycles. The van der Waals surface area contributed by atoms with E-state index in [9.17, 15) is 14.0 Å². The highest BCUT2D eigenvalue weighted by molar-refractivity contribution is 6.45. The van der Waals surface area contributed by atoms with Crippen LogP contribution in [0, 0.1) is 5.82 Å². The summed E-state index contributed by atoms with van der Waals surface area (Å²) < 4.78 is 14.4. The van der Waals surface area contributed by atoms with Crippen LogP contribution in [-0.2, 0) is 9.59 Å². The van der Waals surface area contributed by atoms with Crippen molar-refractivity contribution in [3.8, 4) is 0 Å². The van der Waals surface area contributed by atoms with Gasteiger partial charge in [-0.15, -0.1) is 0 Å². The average molecular weight is 395 g/mol. The minimum absolute atomic E-state index is 0.0372. The first-order chi connectivity index (χ1) is 14.1. The van der Waals surface area contributed by atoms with E-state index >= 15 is 0 Å². The van der Waals surface area contributed by atoms with Crippen LogP contribution in [0.2, 0.25) is 0 Å². The molecular weight excluding hydrogens is 373 g/mol. The average Bonchev–Trinajstić information content (AvgIpc) is 3.00. The zero-order valence-corrected chi connectivity index (χ0v) is 15.9. The summed E-state index contributed by atoms with van der Waals surface area (Å²) in [5.74, 6) is -1.63. The van der Waals surface area contributed by atoms with Gasteiger partial charge in [0, 0.05) is 32.7 Å². The third-order valence-corrected chi connectivity index (χ3v) is 5.32. The maximum absolute atomic E-state index is 14.4. The van der Waals surface area contributed by atoms with Crippen LogP contribution >= 0.6 is 0 Å². The van der Waals surface area contributed by atoms with Crippen LogP contribution in [0.4, 0.5) is 10.1 Å². The molecule has 0 unspecified atom stereocenters. The van der Waals surface area contributed by atoms with Crippen LogP contribution in [0.15, 0.2) is 60.3 Å². The number of halogens is 1. The zero-order valence-electron chi connectivity index (χ0n) is 15.9. The number of imide groups is 1. The summed E-state index contributed by atoms with van der Waals surface area (Å²) in [6, 6.07) is 14.8. The quantitative estimate of drug-likeness (QED) is 0.781. The van der Waals surface area contributed by atoms with Crippen molar-refractivity contribution >= 4 is 23.1 Å². The molecule has 0 aromatic heterocycles. The van der Waals surface area contributed by atoms with E-state index in [1.165, 1.54) is 18.2 Å². The zero-order chi connectivity index (χ0) is 20.4. The number of β-amino-alcohol motifs (C(OH)–C–C–N with tert-alkyl or cyclic N) is 1. The Bertz CT molecular complexity index is 953. The molecule has 2 aliphatic rings. The second-order valence-corrected chi connectivity index (χ2v) is 7.04. The lowest BCUT2D eigenvalue weighted by atomic mass is 10.0. The van der Waals surface area contributed by atoms with E-state index in [1.807, 2.05) is 23.1 Å². The number of nitrogens with zero attached hydrogens (tertiary/aromatic N) is 3. The number of aliphatic hydroxyl groups excluding tert-OH is 1. The number of para-hydroxylation sites is 1. The van der Waals surface area contributed by atoms with E-state index in [-0.39, 0.29) is 12.3 Å². The molecule has 29 heavy (non-hydrogen) atoms. The topological polar surface area (TPSA) is 64.1 Å². The second-order valence-electron chi connectivity index (χ2n) is 7.04. The van der Waals surface area contributed by atoms with Crippen LogP contribution in [0.1, 0.15) is 5.56 Å². The largest absolute Gasteiger partial charge is 0.395 e. The Morgan fingerprint density at radius 3 is 2.17 bits per heavy atom. The highest BCUT2D eigenvalue weighted by Gasteiger charge is 2.43. The van der Waals surface area contributed by atoms with Gasteiger partial charge in [-0.05, 0) is 17.7 Å². The SMILES string of the molecule is O=C1C(c2ccccc2)=C(N2CCN(CCO)CC2)C(=O)N1c1ccccc1F. The Balaban J connectivity index is 1.74. The number of hydrogen-bond donors (Lipinski definition) is 1. The first kappa shape index (κ1) is 19.3. The fourth-order valence-corrected chi connectivity index (χ4v) is 3.86. The predicted molar refractivity (Wildman–Crippen MR) is 107 cm³/mol. The highest BCUT2D eigenvalue weighted by Crippen LogP contribution is 2.35. The standard InChI is InChI=1S/C22H22FN3O3/c23-17-8-4-5-9-18(17)26-21(28)19(16-6-2-1-3-7-16)20(22(26)29)25-12-10-24(11-13-25)14-15-27/h1-9,27H,10-15H2. The Labute approximate surface area is 168 Å². The number of carbonyl (C=O) groups is 2. The van der Waals surface area contributed by atoms with Crippen LogP contribution in [0.25, 0.3) is 5.57 Å². The molecule has 0 spiro atoms. The van der Waals surface area contributed by atoms with Gasteiger partial charge in [0.05, 0.1) is 17.9 Å².